The van der Waals surface area contributed by atoms with Crippen molar-refractivity contribution in [2.75, 3.05) is 25.0 Å². The lowest BCUT2D eigenvalue weighted by Gasteiger charge is -2.34. The molecular formula is C18H20N4O3. The van der Waals surface area contributed by atoms with Crippen molar-refractivity contribution in [2.45, 2.75) is 13.0 Å². The summed E-state index contributed by atoms with van der Waals surface area (Å²) in [6.45, 7) is 4.01. The van der Waals surface area contributed by atoms with Crippen LogP contribution in [0.5, 0.6) is 0 Å². The van der Waals surface area contributed by atoms with E-state index in [1.54, 1.807) is 17.0 Å². The van der Waals surface area contributed by atoms with E-state index in [2.05, 4.69) is 10.6 Å². The Bertz CT molecular complexity index is 779. The third-order valence-corrected chi connectivity index (χ3v) is 4.26. The lowest BCUT2D eigenvalue weighted by molar-refractivity contribution is -0.383. The van der Waals surface area contributed by atoms with Crippen LogP contribution in [0, 0.1) is 10.1 Å². The molecular weight excluding hydrogens is 320 g/mol. The predicted octanol–water partition coefficient (Wildman–Crippen LogP) is 2.77. The molecule has 0 aliphatic carbocycles. The molecule has 1 fully saturated rings. The number of nitro benzene ring substituents is 1. The number of hydrogen-bond donors (Lipinski definition) is 2. The molecule has 2 N–H and O–H groups in total. The van der Waals surface area contributed by atoms with Crippen molar-refractivity contribution in [3.63, 3.8) is 0 Å². The number of benzene rings is 2. The molecule has 25 heavy (non-hydrogen) atoms. The molecule has 0 unspecified atom stereocenters. The summed E-state index contributed by atoms with van der Waals surface area (Å²) < 4.78 is 0. The summed E-state index contributed by atoms with van der Waals surface area (Å²) in [7, 11) is 0. The maximum absolute atomic E-state index is 12.7. The van der Waals surface area contributed by atoms with Gasteiger partial charge in [0.2, 0.25) is 0 Å². The highest BCUT2D eigenvalue weighted by Gasteiger charge is 2.26. The van der Waals surface area contributed by atoms with Crippen molar-refractivity contribution in [2.24, 2.45) is 0 Å². The largest absolute Gasteiger partial charge is 0.350 e. The molecule has 1 aliphatic heterocycles. The SMILES string of the molecule is C[C@H]1CNCCN1C(=O)c1ccc(Nc2ccccc2)c([N+](=O)[O-])c1. The highest BCUT2D eigenvalue weighted by atomic mass is 16.6. The first-order valence-electron chi connectivity index (χ1n) is 8.18. The number of carbonyl (C=O) groups is 1. The monoisotopic (exact) mass is 340 g/mol. The van der Waals surface area contributed by atoms with Gasteiger partial charge in [-0.1, -0.05) is 18.2 Å². The maximum Gasteiger partial charge on any atom is 0.293 e. The molecule has 0 bridgehead atoms. The third kappa shape index (κ3) is 3.77. The number of carbonyl (C=O) groups excluding carboxylic acids is 1. The van der Waals surface area contributed by atoms with Crippen LogP contribution in [-0.4, -0.2) is 41.4 Å². The summed E-state index contributed by atoms with van der Waals surface area (Å²) in [6.07, 6.45) is 0. The Hall–Kier alpha value is -2.93. The summed E-state index contributed by atoms with van der Waals surface area (Å²) in [6, 6.07) is 13.8. The zero-order chi connectivity index (χ0) is 17.8. The third-order valence-electron chi connectivity index (χ3n) is 4.26. The lowest BCUT2D eigenvalue weighted by atomic mass is 10.1. The molecule has 0 spiro atoms. The Kier molecular flexibility index (Phi) is 4.95. The standard InChI is InChI=1S/C18H20N4O3/c1-13-12-19-9-10-21(13)18(23)14-7-8-16(17(11-14)22(24)25)20-15-5-3-2-4-6-15/h2-8,11,13,19-20H,9-10,12H2,1H3/t13-/m0/s1. The molecule has 1 atom stereocenters. The minimum absolute atomic E-state index is 0.0578. The van der Waals surface area contributed by atoms with E-state index in [0.29, 0.717) is 17.8 Å². The molecule has 0 saturated carbocycles. The Labute approximate surface area is 145 Å². The molecule has 2 aromatic rings. The molecule has 1 amide bonds. The molecule has 1 heterocycles. The topological polar surface area (TPSA) is 87.5 Å². The Balaban J connectivity index is 1.88. The molecule has 130 valence electrons. The van der Waals surface area contributed by atoms with E-state index in [9.17, 15) is 14.9 Å². The first-order valence-corrected chi connectivity index (χ1v) is 8.18. The van der Waals surface area contributed by atoms with E-state index < -0.39 is 4.92 Å². The van der Waals surface area contributed by atoms with E-state index >= 15 is 0 Å². The van der Waals surface area contributed by atoms with Crippen LogP contribution in [0.2, 0.25) is 0 Å². The van der Waals surface area contributed by atoms with Crippen molar-refractivity contribution in [1.82, 2.24) is 10.2 Å². The van der Waals surface area contributed by atoms with Crippen molar-refractivity contribution in [1.29, 1.82) is 0 Å². The molecule has 2 aromatic carbocycles. The van der Waals surface area contributed by atoms with Crippen molar-refractivity contribution in [3.05, 3.63) is 64.2 Å². The summed E-state index contributed by atoms with van der Waals surface area (Å²) in [5, 5.41) is 17.7. The quantitative estimate of drug-likeness (QED) is 0.660. The number of para-hydroxylation sites is 1. The van der Waals surface area contributed by atoms with Crippen LogP contribution in [-0.2, 0) is 0 Å². The van der Waals surface area contributed by atoms with Crippen LogP contribution in [0.3, 0.4) is 0 Å². The second kappa shape index (κ2) is 7.31. The molecule has 0 radical (unpaired) electrons. The number of rotatable bonds is 4. The van der Waals surface area contributed by atoms with Gasteiger partial charge in [0.15, 0.2) is 0 Å². The summed E-state index contributed by atoms with van der Waals surface area (Å²) in [5.41, 5.74) is 1.33. The number of amides is 1. The van der Waals surface area contributed by atoms with E-state index in [4.69, 9.17) is 0 Å². The zero-order valence-corrected chi connectivity index (χ0v) is 13.9. The molecule has 0 aromatic heterocycles. The average molecular weight is 340 g/mol. The molecule has 1 aliphatic rings. The van der Waals surface area contributed by atoms with Crippen LogP contribution in [0.1, 0.15) is 17.3 Å². The lowest BCUT2D eigenvalue weighted by Crippen LogP contribution is -2.52. The summed E-state index contributed by atoms with van der Waals surface area (Å²) >= 11 is 0. The minimum atomic E-state index is -0.469. The van der Waals surface area contributed by atoms with Gasteiger partial charge in [0.05, 0.1) is 4.92 Å². The van der Waals surface area contributed by atoms with Crippen molar-refractivity contribution >= 4 is 23.0 Å². The van der Waals surface area contributed by atoms with Gasteiger partial charge < -0.3 is 15.5 Å². The normalized spacial score (nSPS) is 17.2. The van der Waals surface area contributed by atoms with Crippen molar-refractivity contribution < 1.29 is 9.72 Å². The van der Waals surface area contributed by atoms with Crippen LogP contribution >= 0.6 is 0 Å². The Morgan fingerprint density at radius 3 is 2.72 bits per heavy atom. The zero-order valence-electron chi connectivity index (χ0n) is 13.9. The number of nitrogens with zero attached hydrogens (tertiary/aromatic N) is 2. The summed E-state index contributed by atoms with van der Waals surface area (Å²) in [5.74, 6) is -0.177. The van der Waals surface area contributed by atoms with E-state index in [-0.39, 0.29) is 17.6 Å². The van der Waals surface area contributed by atoms with Gasteiger partial charge in [-0.3, -0.25) is 14.9 Å². The van der Waals surface area contributed by atoms with E-state index in [0.717, 1.165) is 18.8 Å². The Morgan fingerprint density at radius 2 is 2.04 bits per heavy atom. The van der Waals surface area contributed by atoms with Gasteiger partial charge in [-0.25, -0.2) is 0 Å². The van der Waals surface area contributed by atoms with Crippen molar-refractivity contribution in [3.8, 4) is 0 Å². The highest BCUT2D eigenvalue weighted by molar-refractivity contribution is 5.96. The molecule has 1 saturated heterocycles. The number of piperazine rings is 1. The van der Waals surface area contributed by atoms with Gasteiger partial charge in [0.25, 0.3) is 11.6 Å². The molecule has 7 nitrogen and oxygen atoms in total. The van der Waals surface area contributed by atoms with Gasteiger partial charge in [-0.2, -0.15) is 0 Å². The number of hydrogen-bond acceptors (Lipinski definition) is 5. The van der Waals surface area contributed by atoms with Crippen LogP contribution < -0.4 is 10.6 Å². The average Bonchev–Trinajstić information content (AvgIpc) is 2.62. The van der Waals surface area contributed by atoms with Gasteiger partial charge in [-0.05, 0) is 31.2 Å². The van der Waals surface area contributed by atoms with Gasteiger partial charge in [0, 0.05) is 43.0 Å². The second-order valence-electron chi connectivity index (χ2n) is 6.03. The van der Waals surface area contributed by atoms with Gasteiger partial charge in [-0.15, -0.1) is 0 Å². The van der Waals surface area contributed by atoms with Gasteiger partial charge >= 0.3 is 0 Å². The second-order valence-corrected chi connectivity index (χ2v) is 6.03. The van der Waals surface area contributed by atoms with Crippen LogP contribution in [0.25, 0.3) is 0 Å². The number of nitro groups is 1. The number of nitrogens with one attached hydrogen (secondary N) is 2. The fourth-order valence-corrected chi connectivity index (χ4v) is 2.91. The molecule has 7 heteroatoms. The fraction of sp³-hybridized carbons (Fsp3) is 0.278. The fourth-order valence-electron chi connectivity index (χ4n) is 2.91. The predicted molar refractivity (Wildman–Crippen MR) is 96.2 cm³/mol. The Morgan fingerprint density at radius 1 is 1.28 bits per heavy atom. The van der Waals surface area contributed by atoms with E-state index in [1.165, 1.54) is 6.07 Å². The van der Waals surface area contributed by atoms with Gasteiger partial charge in [0.1, 0.15) is 5.69 Å². The van der Waals surface area contributed by atoms with E-state index in [1.807, 2.05) is 37.3 Å². The maximum atomic E-state index is 12.7. The number of anilines is 2. The smallest absolute Gasteiger partial charge is 0.293 e. The highest BCUT2D eigenvalue weighted by Crippen LogP contribution is 2.29. The minimum Gasteiger partial charge on any atom is -0.350 e. The van der Waals surface area contributed by atoms with Crippen LogP contribution in [0.4, 0.5) is 17.1 Å². The first kappa shape index (κ1) is 16.9. The van der Waals surface area contributed by atoms with Crippen LogP contribution in [0.15, 0.2) is 48.5 Å². The summed E-state index contributed by atoms with van der Waals surface area (Å²) in [4.78, 5) is 25.4. The first-order chi connectivity index (χ1) is 12.1. The molecule has 3 rings (SSSR count).